The number of phenols is 2. The highest BCUT2D eigenvalue weighted by atomic mass is 32.2. The Bertz CT molecular complexity index is 658. The van der Waals surface area contributed by atoms with E-state index in [1.807, 2.05) is 11.6 Å². The molecule has 0 fully saturated rings. The van der Waals surface area contributed by atoms with E-state index in [1.165, 1.54) is 47.0 Å². The summed E-state index contributed by atoms with van der Waals surface area (Å²) in [5.41, 5.74) is 0.686. The molecular formula is C13H14N2O3S3. The van der Waals surface area contributed by atoms with Crippen LogP contribution in [0.4, 0.5) is 0 Å². The van der Waals surface area contributed by atoms with Crippen LogP contribution >= 0.6 is 34.9 Å². The summed E-state index contributed by atoms with van der Waals surface area (Å²) in [6.45, 7) is 0. The molecule has 1 heterocycles. The Kier molecular flexibility index (Phi) is 5.38. The van der Waals surface area contributed by atoms with Gasteiger partial charge in [0.2, 0.25) is 5.91 Å². The molecule has 1 amide bonds. The number of rotatable bonds is 5. The van der Waals surface area contributed by atoms with Gasteiger partial charge in [0.1, 0.15) is 11.5 Å². The van der Waals surface area contributed by atoms with E-state index in [0.29, 0.717) is 19.8 Å². The van der Waals surface area contributed by atoms with Gasteiger partial charge in [-0.05, 0) is 18.4 Å². The molecule has 1 aromatic carbocycles. The average Bonchev–Trinajstić information content (AvgIpc) is 2.89. The van der Waals surface area contributed by atoms with Crippen LogP contribution in [0.25, 0.3) is 0 Å². The molecule has 21 heavy (non-hydrogen) atoms. The predicted molar refractivity (Wildman–Crippen MR) is 85.6 cm³/mol. The lowest BCUT2D eigenvalue weighted by atomic mass is 10.3. The van der Waals surface area contributed by atoms with Crippen molar-refractivity contribution in [1.29, 1.82) is 0 Å². The second-order valence-electron chi connectivity index (χ2n) is 4.05. The predicted octanol–water partition coefficient (Wildman–Crippen LogP) is 2.72. The lowest BCUT2D eigenvalue weighted by Gasteiger charge is -2.06. The normalized spacial score (nSPS) is 10.6. The van der Waals surface area contributed by atoms with E-state index in [0.717, 1.165) is 0 Å². The Morgan fingerprint density at radius 2 is 2.00 bits per heavy atom. The third-order valence-corrected chi connectivity index (χ3v) is 5.41. The fraction of sp³-hybridized carbons (Fsp3) is 0.231. The molecule has 2 rings (SSSR count). The Morgan fingerprint density at radius 1 is 1.33 bits per heavy atom. The standard InChI is InChI=1S/C13H14N2O3S3/c1-14-12(18)3-7-6-20-13(15-7)21-11-5-8(16)10(19-2)4-9(11)17/h4-6,16-17H,3H2,1-2H3,(H,14,18). The van der Waals surface area contributed by atoms with Crippen molar-refractivity contribution in [2.45, 2.75) is 20.6 Å². The third kappa shape index (κ3) is 4.05. The van der Waals surface area contributed by atoms with Gasteiger partial charge in [0.25, 0.3) is 0 Å². The second-order valence-corrected chi connectivity index (χ2v) is 7.04. The van der Waals surface area contributed by atoms with E-state index >= 15 is 0 Å². The summed E-state index contributed by atoms with van der Waals surface area (Å²) >= 11 is 4.02. The highest BCUT2D eigenvalue weighted by molar-refractivity contribution is 8.01. The van der Waals surface area contributed by atoms with E-state index in [2.05, 4.69) is 10.3 Å². The van der Waals surface area contributed by atoms with Crippen LogP contribution in [0.2, 0.25) is 0 Å². The zero-order valence-corrected chi connectivity index (χ0v) is 13.9. The summed E-state index contributed by atoms with van der Waals surface area (Å²) < 4.78 is 0.709. The van der Waals surface area contributed by atoms with Crippen LogP contribution in [0.3, 0.4) is 0 Å². The lowest BCUT2D eigenvalue weighted by Crippen LogP contribution is -2.19. The van der Waals surface area contributed by atoms with Crippen LogP contribution in [0, 0.1) is 0 Å². The number of carbonyl (C=O) groups is 1. The molecule has 5 nitrogen and oxygen atoms in total. The van der Waals surface area contributed by atoms with Crippen molar-refractivity contribution in [2.24, 2.45) is 0 Å². The van der Waals surface area contributed by atoms with Crippen molar-refractivity contribution in [1.82, 2.24) is 10.3 Å². The van der Waals surface area contributed by atoms with E-state index in [4.69, 9.17) is 0 Å². The van der Waals surface area contributed by atoms with Gasteiger partial charge in [0.05, 0.1) is 21.9 Å². The number of nitrogens with zero attached hydrogens (tertiary/aromatic N) is 1. The maximum atomic E-state index is 11.3. The van der Waals surface area contributed by atoms with Crippen LogP contribution < -0.4 is 5.32 Å². The first kappa shape index (κ1) is 16.0. The fourth-order valence-electron chi connectivity index (χ4n) is 1.55. The summed E-state index contributed by atoms with van der Waals surface area (Å²) in [7, 11) is 1.58. The summed E-state index contributed by atoms with van der Waals surface area (Å²) in [4.78, 5) is 16.8. The van der Waals surface area contributed by atoms with Crippen molar-refractivity contribution in [3.8, 4) is 11.5 Å². The number of amides is 1. The van der Waals surface area contributed by atoms with Gasteiger partial charge in [-0.1, -0.05) is 11.8 Å². The number of aromatic nitrogens is 1. The van der Waals surface area contributed by atoms with Crippen molar-refractivity contribution >= 4 is 40.8 Å². The summed E-state index contributed by atoms with van der Waals surface area (Å²) in [6.07, 6.45) is 2.06. The van der Waals surface area contributed by atoms with Gasteiger partial charge < -0.3 is 15.5 Å². The number of benzene rings is 1. The molecule has 112 valence electrons. The van der Waals surface area contributed by atoms with Crippen molar-refractivity contribution in [3.05, 3.63) is 23.2 Å². The van der Waals surface area contributed by atoms with Gasteiger partial charge in [-0.15, -0.1) is 23.1 Å². The molecule has 3 N–H and O–H groups in total. The summed E-state index contributed by atoms with van der Waals surface area (Å²) in [5.74, 6) is 0.136. The van der Waals surface area contributed by atoms with E-state index < -0.39 is 0 Å². The zero-order valence-electron chi connectivity index (χ0n) is 11.4. The van der Waals surface area contributed by atoms with Crippen molar-refractivity contribution in [2.75, 3.05) is 13.3 Å². The Hall–Kier alpha value is -1.38. The first-order chi connectivity index (χ1) is 10.0. The number of hydrogen-bond donors (Lipinski definition) is 3. The fourth-order valence-corrected chi connectivity index (χ4v) is 3.88. The number of hydrogen-bond acceptors (Lipinski definition) is 7. The van der Waals surface area contributed by atoms with E-state index in [-0.39, 0.29) is 23.8 Å². The Balaban J connectivity index is 2.15. The van der Waals surface area contributed by atoms with Crippen molar-refractivity contribution < 1.29 is 15.0 Å². The molecule has 0 bridgehead atoms. The minimum Gasteiger partial charge on any atom is -0.507 e. The minimum atomic E-state index is -0.0957. The number of nitrogens with one attached hydrogen (secondary N) is 1. The number of likely N-dealkylation sites (N-methyl/N-ethyl adjacent to an activating group) is 1. The summed E-state index contributed by atoms with van der Waals surface area (Å²) in [6, 6.07) is 3.05. The molecular weight excluding hydrogens is 328 g/mol. The molecule has 8 heteroatoms. The molecule has 0 saturated carbocycles. The minimum absolute atomic E-state index is 0.0957. The molecule has 0 saturated heterocycles. The van der Waals surface area contributed by atoms with Crippen LogP contribution in [0.15, 0.2) is 31.6 Å². The van der Waals surface area contributed by atoms with Gasteiger partial charge in [-0.2, -0.15) is 0 Å². The topological polar surface area (TPSA) is 82.5 Å². The van der Waals surface area contributed by atoms with Gasteiger partial charge in [0, 0.05) is 12.4 Å². The summed E-state index contributed by atoms with van der Waals surface area (Å²) in [5, 5.41) is 24.2. The molecule has 1 aromatic heterocycles. The number of aromatic hydroxyl groups is 2. The second kappa shape index (κ2) is 7.06. The van der Waals surface area contributed by atoms with Gasteiger partial charge in [-0.25, -0.2) is 4.98 Å². The van der Waals surface area contributed by atoms with Crippen LogP contribution in [0.5, 0.6) is 11.5 Å². The van der Waals surface area contributed by atoms with Crippen LogP contribution in [0.1, 0.15) is 5.69 Å². The van der Waals surface area contributed by atoms with Gasteiger partial charge in [0.15, 0.2) is 4.34 Å². The maximum absolute atomic E-state index is 11.3. The molecule has 0 aliphatic carbocycles. The lowest BCUT2D eigenvalue weighted by molar-refractivity contribution is -0.120. The molecule has 0 aliphatic heterocycles. The van der Waals surface area contributed by atoms with Gasteiger partial charge in [-0.3, -0.25) is 4.79 Å². The highest BCUT2D eigenvalue weighted by Gasteiger charge is 2.12. The number of carbonyl (C=O) groups excluding carboxylic acids is 1. The number of thioether (sulfide) groups is 1. The van der Waals surface area contributed by atoms with Crippen LogP contribution in [-0.4, -0.2) is 34.4 Å². The molecule has 0 radical (unpaired) electrons. The quantitative estimate of drug-likeness (QED) is 0.572. The number of thiazole rings is 1. The SMILES string of the molecule is CNC(=O)Cc1csc(Sc2cc(O)c(SC)cc2O)n1. The Labute approximate surface area is 134 Å². The smallest absolute Gasteiger partial charge is 0.225 e. The van der Waals surface area contributed by atoms with Crippen LogP contribution in [-0.2, 0) is 11.2 Å². The Morgan fingerprint density at radius 3 is 2.67 bits per heavy atom. The first-order valence-electron chi connectivity index (χ1n) is 5.96. The van der Waals surface area contributed by atoms with E-state index in [1.54, 1.807) is 7.05 Å². The van der Waals surface area contributed by atoms with E-state index in [9.17, 15) is 15.0 Å². The largest absolute Gasteiger partial charge is 0.507 e. The van der Waals surface area contributed by atoms with Crippen molar-refractivity contribution in [3.63, 3.8) is 0 Å². The zero-order chi connectivity index (χ0) is 15.4. The average molecular weight is 342 g/mol. The highest BCUT2D eigenvalue weighted by Crippen LogP contribution is 2.41. The number of phenolic OH excluding ortho intramolecular Hbond substituents is 2. The molecule has 0 aliphatic rings. The molecule has 0 atom stereocenters. The first-order valence-corrected chi connectivity index (χ1v) is 8.88. The van der Waals surface area contributed by atoms with Gasteiger partial charge >= 0.3 is 0 Å². The monoisotopic (exact) mass is 342 g/mol. The maximum Gasteiger partial charge on any atom is 0.225 e. The molecule has 0 spiro atoms. The third-order valence-electron chi connectivity index (χ3n) is 2.61. The molecule has 0 unspecified atom stereocenters. The molecule has 2 aromatic rings.